The summed E-state index contributed by atoms with van der Waals surface area (Å²) in [5.41, 5.74) is 1.85. The van der Waals surface area contributed by atoms with Crippen molar-refractivity contribution in [2.75, 3.05) is 20.3 Å². The molecule has 0 aliphatic rings. The van der Waals surface area contributed by atoms with Crippen LogP contribution in [0.4, 0.5) is 0 Å². The molecule has 2 rings (SSSR count). The van der Waals surface area contributed by atoms with Crippen molar-refractivity contribution in [3.05, 3.63) is 65.7 Å². The van der Waals surface area contributed by atoms with Gasteiger partial charge in [-0.3, -0.25) is 9.59 Å². The summed E-state index contributed by atoms with van der Waals surface area (Å²) < 4.78 is 11.1. The number of benzene rings is 2. The zero-order valence-electron chi connectivity index (χ0n) is 20.3. The number of hydrogen-bond acceptors (Lipinski definition) is 4. The molecule has 0 heterocycles. The van der Waals surface area contributed by atoms with Crippen molar-refractivity contribution in [3.8, 4) is 5.75 Å². The van der Waals surface area contributed by atoms with Crippen LogP contribution < -0.4 is 15.4 Å². The first-order chi connectivity index (χ1) is 15.9. The first-order valence-electron chi connectivity index (χ1n) is 11.8. The number of methoxy groups -OCH3 is 1. The fraction of sp³-hybridized carbons (Fsp3) is 0.481. The Morgan fingerprint density at radius 2 is 1.67 bits per heavy atom. The molecule has 0 saturated carbocycles. The zero-order chi connectivity index (χ0) is 24.1. The summed E-state index contributed by atoms with van der Waals surface area (Å²) in [4.78, 5) is 25.0. The molecule has 0 bridgehead atoms. The number of amides is 2. The summed E-state index contributed by atoms with van der Waals surface area (Å²) in [6, 6.07) is 17.0. The van der Waals surface area contributed by atoms with E-state index in [1.807, 2.05) is 61.5 Å². The van der Waals surface area contributed by atoms with Gasteiger partial charge in [-0.05, 0) is 42.5 Å². The highest BCUT2D eigenvalue weighted by Gasteiger charge is 2.17. The second kappa shape index (κ2) is 14.3. The Kier molecular flexibility index (Phi) is 11.5. The van der Waals surface area contributed by atoms with E-state index in [0.717, 1.165) is 29.7 Å². The maximum Gasteiger partial charge on any atom is 0.224 e. The van der Waals surface area contributed by atoms with E-state index in [4.69, 9.17) is 9.47 Å². The molecular weight excluding hydrogens is 416 g/mol. The van der Waals surface area contributed by atoms with Gasteiger partial charge in [-0.25, -0.2) is 0 Å². The summed E-state index contributed by atoms with van der Waals surface area (Å²) in [5.74, 6) is 1.09. The van der Waals surface area contributed by atoms with Crippen LogP contribution in [0.3, 0.4) is 0 Å². The predicted molar refractivity (Wildman–Crippen MR) is 131 cm³/mol. The summed E-state index contributed by atoms with van der Waals surface area (Å²) in [6.45, 7) is 7.18. The fourth-order valence-corrected chi connectivity index (χ4v) is 3.52. The smallest absolute Gasteiger partial charge is 0.224 e. The van der Waals surface area contributed by atoms with Crippen molar-refractivity contribution in [3.63, 3.8) is 0 Å². The molecule has 0 aromatic heterocycles. The van der Waals surface area contributed by atoms with Gasteiger partial charge < -0.3 is 20.1 Å². The van der Waals surface area contributed by atoms with E-state index in [1.54, 1.807) is 7.11 Å². The van der Waals surface area contributed by atoms with Crippen LogP contribution in [0.25, 0.3) is 0 Å². The van der Waals surface area contributed by atoms with Crippen LogP contribution in [-0.4, -0.2) is 38.2 Å². The lowest BCUT2D eigenvalue weighted by atomic mass is 10.0. The summed E-state index contributed by atoms with van der Waals surface area (Å²) >= 11 is 0. The minimum atomic E-state index is -0.351. The first-order valence-corrected chi connectivity index (χ1v) is 11.8. The van der Waals surface area contributed by atoms with Crippen molar-refractivity contribution < 1.29 is 19.1 Å². The SMILES string of the molecule is CCCC(C)COc1ccc(C(CNC(=O)CC(C)OC)NC(=O)Cc2ccccc2)cc1. The topological polar surface area (TPSA) is 76.7 Å². The molecule has 0 radical (unpaired) electrons. The van der Waals surface area contributed by atoms with Gasteiger partial charge in [0.05, 0.1) is 31.6 Å². The maximum atomic E-state index is 12.7. The van der Waals surface area contributed by atoms with Gasteiger partial charge in [0.1, 0.15) is 5.75 Å². The lowest BCUT2D eigenvalue weighted by molar-refractivity contribution is -0.124. The molecule has 6 heteroatoms. The van der Waals surface area contributed by atoms with Crippen molar-refractivity contribution >= 4 is 11.8 Å². The third kappa shape index (κ3) is 10.1. The predicted octanol–water partition coefficient (Wildman–Crippen LogP) is 4.44. The number of carbonyl (C=O) groups is 2. The van der Waals surface area contributed by atoms with E-state index in [0.29, 0.717) is 19.1 Å². The van der Waals surface area contributed by atoms with E-state index < -0.39 is 0 Å². The highest BCUT2D eigenvalue weighted by Crippen LogP contribution is 2.19. The zero-order valence-corrected chi connectivity index (χ0v) is 20.3. The van der Waals surface area contributed by atoms with Crippen LogP contribution in [0.2, 0.25) is 0 Å². The van der Waals surface area contributed by atoms with Crippen LogP contribution in [0.15, 0.2) is 54.6 Å². The highest BCUT2D eigenvalue weighted by molar-refractivity contribution is 5.79. The molecule has 0 aliphatic carbocycles. The molecule has 0 aliphatic heterocycles. The van der Waals surface area contributed by atoms with E-state index in [1.165, 1.54) is 0 Å². The molecule has 33 heavy (non-hydrogen) atoms. The molecule has 0 saturated heterocycles. The van der Waals surface area contributed by atoms with E-state index >= 15 is 0 Å². The highest BCUT2D eigenvalue weighted by atomic mass is 16.5. The Morgan fingerprint density at radius 3 is 2.30 bits per heavy atom. The van der Waals surface area contributed by atoms with Gasteiger partial charge in [0.15, 0.2) is 0 Å². The number of hydrogen-bond donors (Lipinski definition) is 2. The van der Waals surface area contributed by atoms with Gasteiger partial charge in [-0.15, -0.1) is 0 Å². The van der Waals surface area contributed by atoms with Gasteiger partial charge in [0.2, 0.25) is 11.8 Å². The van der Waals surface area contributed by atoms with Crippen molar-refractivity contribution in [2.45, 2.75) is 58.6 Å². The van der Waals surface area contributed by atoms with Crippen LogP contribution in [0.5, 0.6) is 5.75 Å². The Morgan fingerprint density at radius 1 is 0.970 bits per heavy atom. The van der Waals surface area contributed by atoms with Gasteiger partial charge in [-0.1, -0.05) is 62.7 Å². The molecule has 6 nitrogen and oxygen atoms in total. The summed E-state index contributed by atoms with van der Waals surface area (Å²) in [7, 11) is 1.58. The Labute approximate surface area is 198 Å². The molecule has 2 aromatic carbocycles. The molecule has 180 valence electrons. The first kappa shape index (κ1) is 26.4. The molecule has 0 fully saturated rings. The van der Waals surface area contributed by atoms with Crippen molar-refractivity contribution in [1.82, 2.24) is 10.6 Å². The third-order valence-electron chi connectivity index (χ3n) is 5.52. The molecule has 2 N–H and O–H groups in total. The third-order valence-corrected chi connectivity index (χ3v) is 5.52. The number of rotatable bonds is 14. The largest absolute Gasteiger partial charge is 0.493 e. The number of nitrogens with one attached hydrogen (secondary N) is 2. The maximum absolute atomic E-state index is 12.7. The molecule has 2 aromatic rings. The Hall–Kier alpha value is -2.86. The minimum absolute atomic E-state index is 0.0978. The van der Waals surface area contributed by atoms with Gasteiger partial charge in [-0.2, -0.15) is 0 Å². The molecule has 2 amide bonds. The number of carbonyl (C=O) groups excluding carboxylic acids is 2. The lowest BCUT2D eigenvalue weighted by Gasteiger charge is -2.21. The van der Waals surface area contributed by atoms with Crippen molar-refractivity contribution in [1.29, 1.82) is 0 Å². The lowest BCUT2D eigenvalue weighted by Crippen LogP contribution is -2.39. The molecule has 0 spiro atoms. The Bertz CT molecular complexity index is 839. The van der Waals surface area contributed by atoms with E-state index in [-0.39, 0.29) is 36.8 Å². The second-order valence-corrected chi connectivity index (χ2v) is 8.61. The van der Waals surface area contributed by atoms with Crippen LogP contribution in [0.1, 0.15) is 57.2 Å². The number of ether oxygens (including phenoxy) is 2. The van der Waals surface area contributed by atoms with E-state index in [2.05, 4.69) is 24.5 Å². The Balaban J connectivity index is 2.03. The average molecular weight is 455 g/mol. The van der Waals surface area contributed by atoms with Crippen molar-refractivity contribution in [2.24, 2.45) is 5.92 Å². The molecule has 3 atom stereocenters. The summed E-state index contributed by atoms with van der Waals surface area (Å²) in [5, 5.41) is 5.98. The standard InChI is InChI=1S/C27H38N2O4/c1-5-9-20(2)19-33-24-14-12-23(13-15-24)25(18-28-26(30)16-21(3)32-4)29-27(31)17-22-10-7-6-8-11-22/h6-8,10-15,20-21,25H,5,9,16-19H2,1-4H3,(H,28,30)(H,29,31). The van der Waals surface area contributed by atoms with Crippen LogP contribution in [-0.2, 0) is 20.7 Å². The normalized spacial score (nSPS) is 13.6. The van der Waals surface area contributed by atoms with Crippen LogP contribution >= 0.6 is 0 Å². The van der Waals surface area contributed by atoms with Gasteiger partial charge in [0.25, 0.3) is 0 Å². The van der Waals surface area contributed by atoms with Gasteiger partial charge >= 0.3 is 0 Å². The average Bonchev–Trinajstić information content (AvgIpc) is 2.81. The fourth-order valence-electron chi connectivity index (χ4n) is 3.52. The van der Waals surface area contributed by atoms with E-state index in [9.17, 15) is 9.59 Å². The van der Waals surface area contributed by atoms with Crippen LogP contribution in [0, 0.1) is 5.92 Å². The quantitative estimate of drug-likeness (QED) is 0.442. The monoisotopic (exact) mass is 454 g/mol. The van der Waals surface area contributed by atoms with Gasteiger partial charge in [0, 0.05) is 13.7 Å². The summed E-state index contributed by atoms with van der Waals surface area (Å²) in [6.07, 6.45) is 2.66. The second-order valence-electron chi connectivity index (χ2n) is 8.61. The minimum Gasteiger partial charge on any atom is -0.493 e. The molecule has 3 unspecified atom stereocenters. The molecular formula is C27H38N2O4.